The predicted octanol–water partition coefficient (Wildman–Crippen LogP) is 0.894. The molecule has 1 amide bonds. The topological polar surface area (TPSA) is 50.8 Å². The molecule has 0 aromatic heterocycles. The summed E-state index contributed by atoms with van der Waals surface area (Å²) in [5.74, 6) is 1.40. The highest BCUT2D eigenvalue weighted by molar-refractivity contribution is 5.78. The summed E-state index contributed by atoms with van der Waals surface area (Å²) in [7, 11) is 1.60. The van der Waals surface area contributed by atoms with Crippen molar-refractivity contribution in [3.05, 3.63) is 24.3 Å². The molecule has 1 aliphatic rings. The number of nitrogens with one attached hydrogen (secondary N) is 1. The van der Waals surface area contributed by atoms with Crippen molar-refractivity contribution in [1.29, 1.82) is 0 Å². The number of hydrogen-bond donors (Lipinski definition) is 1. The minimum absolute atomic E-state index is 0.0248. The van der Waals surface area contributed by atoms with Gasteiger partial charge in [-0.25, -0.2) is 0 Å². The van der Waals surface area contributed by atoms with E-state index in [9.17, 15) is 4.79 Å². The van der Waals surface area contributed by atoms with E-state index in [4.69, 9.17) is 9.47 Å². The number of carbonyl (C=O) groups is 1. The van der Waals surface area contributed by atoms with Gasteiger partial charge >= 0.3 is 0 Å². The van der Waals surface area contributed by atoms with E-state index in [0.717, 1.165) is 25.4 Å². The molecule has 5 nitrogen and oxygen atoms in total. The largest absolute Gasteiger partial charge is 0.497 e. The molecule has 104 valence electrons. The maximum Gasteiger partial charge on any atom is 0.260 e. The summed E-state index contributed by atoms with van der Waals surface area (Å²) in [6, 6.07) is 7.49. The molecule has 1 N–H and O–H groups in total. The van der Waals surface area contributed by atoms with Crippen molar-refractivity contribution < 1.29 is 14.3 Å². The van der Waals surface area contributed by atoms with Crippen LogP contribution in [0, 0.1) is 0 Å². The Labute approximate surface area is 113 Å². The first kappa shape index (κ1) is 13.7. The second-order valence-electron chi connectivity index (χ2n) is 4.61. The summed E-state index contributed by atoms with van der Waals surface area (Å²) in [4.78, 5) is 13.9. The zero-order valence-electron chi connectivity index (χ0n) is 11.4. The van der Waals surface area contributed by atoms with Crippen molar-refractivity contribution in [3.63, 3.8) is 0 Å². The zero-order valence-corrected chi connectivity index (χ0v) is 11.4. The van der Waals surface area contributed by atoms with E-state index in [2.05, 4.69) is 5.32 Å². The molecule has 0 bridgehead atoms. The lowest BCUT2D eigenvalue weighted by Crippen LogP contribution is -2.53. The number of rotatable bonds is 4. The highest BCUT2D eigenvalue weighted by atomic mass is 16.5. The third-order valence-corrected chi connectivity index (χ3v) is 3.23. The SMILES string of the molecule is COc1cccc(OCC(=O)N2CCNC[C@@H]2C)c1. The van der Waals surface area contributed by atoms with E-state index in [1.54, 1.807) is 13.2 Å². The summed E-state index contributed by atoms with van der Waals surface area (Å²) in [5, 5.41) is 3.26. The van der Waals surface area contributed by atoms with E-state index >= 15 is 0 Å². The van der Waals surface area contributed by atoms with Crippen LogP contribution in [0.1, 0.15) is 6.92 Å². The van der Waals surface area contributed by atoms with Crippen molar-refractivity contribution in [2.75, 3.05) is 33.4 Å². The van der Waals surface area contributed by atoms with E-state index in [1.165, 1.54) is 0 Å². The van der Waals surface area contributed by atoms with Crippen LogP contribution in [0.3, 0.4) is 0 Å². The minimum atomic E-state index is 0.0248. The average molecular weight is 264 g/mol. The van der Waals surface area contributed by atoms with E-state index < -0.39 is 0 Å². The number of amides is 1. The molecule has 1 heterocycles. The fourth-order valence-corrected chi connectivity index (χ4v) is 2.13. The molecule has 0 radical (unpaired) electrons. The molecule has 1 aromatic carbocycles. The highest BCUT2D eigenvalue weighted by Gasteiger charge is 2.23. The van der Waals surface area contributed by atoms with Crippen molar-refractivity contribution in [1.82, 2.24) is 10.2 Å². The molecule has 1 atom stereocenters. The molecule has 0 unspecified atom stereocenters. The smallest absolute Gasteiger partial charge is 0.260 e. The van der Waals surface area contributed by atoms with Crippen molar-refractivity contribution in [3.8, 4) is 11.5 Å². The summed E-state index contributed by atoms with van der Waals surface area (Å²) in [5.41, 5.74) is 0. The summed E-state index contributed by atoms with van der Waals surface area (Å²) >= 11 is 0. The molecule has 1 aliphatic heterocycles. The summed E-state index contributed by atoms with van der Waals surface area (Å²) in [6.45, 7) is 4.52. The number of methoxy groups -OCH3 is 1. The molecule has 5 heteroatoms. The Morgan fingerprint density at radius 2 is 2.26 bits per heavy atom. The normalized spacial score (nSPS) is 19.1. The van der Waals surface area contributed by atoms with Gasteiger partial charge in [0.2, 0.25) is 0 Å². The predicted molar refractivity (Wildman–Crippen MR) is 72.5 cm³/mol. The van der Waals surface area contributed by atoms with Gasteiger partial charge in [0.05, 0.1) is 7.11 Å². The molecule has 1 fully saturated rings. The highest BCUT2D eigenvalue weighted by Crippen LogP contribution is 2.18. The summed E-state index contributed by atoms with van der Waals surface area (Å²) in [6.07, 6.45) is 0. The molecule has 1 saturated heterocycles. The van der Waals surface area contributed by atoms with E-state index in [0.29, 0.717) is 5.75 Å². The Balaban J connectivity index is 1.88. The van der Waals surface area contributed by atoms with Gasteiger partial charge in [-0.15, -0.1) is 0 Å². The first-order chi connectivity index (χ1) is 9.20. The number of hydrogen-bond acceptors (Lipinski definition) is 4. The van der Waals surface area contributed by atoms with Crippen LogP contribution >= 0.6 is 0 Å². The van der Waals surface area contributed by atoms with Gasteiger partial charge in [-0.1, -0.05) is 6.07 Å². The molecular formula is C14H20N2O3. The second kappa shape index (κ2) is 6.43. The maximum absolute atomic E-state index is 12.1. The molecular weight excluding hydrogens is 244 g/mol. The molecule has 1 aromatic rings. The number of nitrogens with zero attached hydrogens (tertiary/aromatic N) is 1. The van der Waals surface area contributed by atoms with Gasteiger partial charge in [-0.2, -0.15) is 0 Å². The molecule has 0 saturated carbocycles. The zero-order chi connectivity index (χ0) is 13.7. The van der Waals surface area contributed by atoms with Gasteiger partial charge in [-0.3, -0.25) is 4.79 Å². The second-order valence-corrected chi connectivity index (χ2v) is 4.61. The first-order valence-corrected chi connectivity index (χ1v) is 6.47. The van der Waals surface area contributed by atoms with Crippen LogP contribution in [0.15, 0.2) is 24.3 Å². The molecule has 0 spiro atoms. The maximum atomic E-state index is 12.1. The molecule has 2 rings (SSSR count). The Bertz CT molecular complexity index is 436. The van der Waals surface area contributed by atoms with E-state index in [-0.39, 0.29) is 18.6 Å². The third kappa shape index (κ3) is 3.61. The van der Waals surface area contributed by atoms with Crippen molar-refractivity contribution in [2.45, 2.75) is 13.0 Å². The number of ether oxygens (including phenoxy) is 2. The Morgan fingerprint density at radius 1 is 1.47 bits per heavy atom. The lowest BCUT2D eigenvalue weighted by molar-refractivity contribution is -0.136. The Kier molecular flexibility index (Phi) is 4.63. The minimum Gasteiger partial charge on any atom is -0.497 e. The van der Waals surface area contributed by atoms with E-state index in [1.807, 2.05) is 30.0 Å². The van der Waals surface area contributed by atoms with Crippen LogP contribution < -0.4 is 14.8 Å². The number of carbonyl (C=O) groups excluding carboxylic acids is 1. The molecule has 0 aliphatic carbocycles. The van der Waals surface area contributed by atoms with Crippen LogP contribution in [0.4, 0.5) is 0 Å². The standard InChI is InChI=1S/C14H20N2O3/c1-11-9-15-6-7-16(11)14(17)10-19-13-5-3-4-12(8-13)18-2/h3-5,8,11,15H,6-7,9-10H2,1-2H3/t11-/m0/s1. The van der Waals surface area contributed by atoms with Gasteiger partial charge in [0.15, 0.2) is 6.61 Å². The van der Waals surface area contributed by atoms with Crippen LogP contribution in [0.25, 0.3) is 0 Å². The Hall–Kier alpha value is -1.75. The molecule has 19 heavy (non-hydrogen) atoms. The monoisotopic (exact) mass is 264 g/mol. The van der Waals surface area contributed by atoms with Gasteiger partial charge in [-0.05, 0) is 19.1 Å². The number of piperazine rings is 1. The van der Waals surface area contributed by atoms with Gasteiger partial charge in [0, 0.05) is 31.7 Å². The lowest BCUT2D eigenvalue weighted by atomic mass is 10.2. The quantitative estimate of drug-likeness (QED) is 0.877. The lowest BCUT2D eigenvalue weighted by Gasteiger charge is -2.33. The third-order valence-electron chi connectivity index (χ3n) is 3.23. The Morgan fingerprint density at radius 3 is 3.00 bits per heavy atom. The van der Waals surface area contributed by atoms with Gasteiger partial charge in [0.25, 0.3) is 5.91 Å². The van der Waals surface area contributed by atoms with Crippen molar-refractivity contribution >= 4 is 5.91 Å². The first-order valence-electron chi connectivity index (χ1n) is 6.47. The van der Waals surface area contributed by atoms with Crippen LogP contribution in [-0.2, 0) is 4.79 Å². The van der Waals surface area contributed by atoms with Crippen LogP contribution in [0.5, 0.6) is 11.5 Å². The fraction of sp³-hybridized carbons (Fsp3) is 0.500. The number of benzene rings is 1. The van der Waals surface area contributed by atoms with Gasteiger partial charge < -0.3 is 19.7 Å². The summed E-state index contributed by atoms with van der Waals surface area (Å²) < 4.78 is 10.6. The van der Waals surface area contributed by atoms with Crippen LogP contribution in [0.2, 0.25) is 0 Å². The fourth-order valence-electron chi connectivity index (χ4n) is 2.13. The van der Waals surface area contributed by atoms with Crippen molar-refractivity contribution in [2.24, 2.45) is 0 Å². The van der Waals surface area contributed by atoms with Gasteiger partial charge in [0.1, 0.15) is 11.5 Å². The van der Waals surface area contributed by atoms with Crippen LogP contribution in [-0.4, -0.2) is 50.2 Å². The average Bonchev–Trinajstić information content (AvgIpc) is 2.45.